The summed E-state index contributed by atoms with van der Waals surface area (Å²) in [5.74, 6) is 0.149. The molecule has 20 heavy (non-hydrogen) atoms. The van der Waals surface area contributed by atoms with Gasteiger partial charge >= 0.3 is 6.18 Å². The van der Waals surface area contributed by atoms with E-state index >= 15 is 0 Å². The molecule has 0 amide bonds. The van der Waals surface area contributed by atoms with Gasteiger partial charge in [-0.3, -0.25) is 0 Å². The van der Waals surface area contributed by atoms with Crippen molar-refractivity contribution >= 4 is 0 Å². The molecule has 0 spiro atoms. The number of rotatable bonds is 3. The molecule has 0 heterocycles. The van der Waals surface area contributed by atoms with E-state index in [2.05, 4.69) is 0 Å². The van der Waals surface area contributed by atoms with Gasteiger partial charge in [-0.1, -0.05) is 18.2 Å². The zero-order valence-corrected chi connectivity index (χ0v) is 10.9. The van der Waals surface area contributed by atoms with Crippen molar-refractivity contribution in [2.24, 2.45) is 5.73 Å². The molecule has 2 rings (SSSR count). The number of aryl methyl sites for hydroxylation is 1. The Morgan fingerprint density at radius 3 is 2.40 bits per heavy atom. The van der Waals surface area contributed by atoms with E-state index in [-0.39, 0.29) is 5.75 Å². The second-order valence-electron chi connectivity index (χ2n) is 4.39. The molecule has 0 fully saturated rings. The topological polar surface area (TPSA) is 35.2 Å². The van der Waals surface area contributed by atoms with Crippen LogP contribution in [0.15, 0.2) is 42.5 Å². The standard InChI is InChI=1S/C15H14F3NO/c1-10-8-12(7-6-11(10)9-19)20-14-5-3-2-4-13(14)15(16,17)18/h2-8H,9,19H2,1H3. The first-order valence-corrected chi connectivity index (χ1v) is 6.05. The minimum Gasteiger partial charge on any atom is -0.457 e. The number of ether oxygens (including phenoxy) is 1. The number of hydrogen-bond donors (Lipinski definition) is 1. The fourth-order valence-electron chi connectivity index (χ4n) is 1.88. The van der Waals surface area contributed by atoms with Gasteiger partial charge in [0.25, 0.3) is 0 Å². The van der Waals surface area contributed by atoms with Crippen LogP contribution >= 0.6 is 0 Å². The third-order valence-corrected chi connectivity index (χ3v) is 2.95. The molecule has 0 aromatic heterocycles. The van der Waals surface area contributed by atoms with Gasteiger partial charge in [-0.2, -0.15) is 13.2 Å². The Labute approximate surface area is 115 Å². The second kappa shape index (κ2) is 5.54. The number of hydrogen-bond acceptors (Lipinski definition) is 2. The summed E-state index contributed by atoms with van der Waals surface area (Å²) in [5.41, 5.74) is 6.57. The van der Waals surface area contributed by atoms with Crippen LogP contribution in [0.3, 0.4) is 0 Å². The van der Waals surface area contributed by atoms with Crippen LogP contribution in [0.1, 0.15) is 16.7 Å². The maximum absolute atomic E-state index is 12.9. The quantitative estimate of drug-likeness (QED) is 0.912. The average molecular weight is 281 g/mol. The molecule has 0 unspecified atom stereocenters. The Kier molecular flexibility index (Phi) is 3.99. The summed E-state index contributed by atoms with van der Waals surface area (Å²) in [7, 11) is 0. The molecule has 0 saturated carbocycles. The summed E-state index contributed by atoms with van der Waals surface area (Å²) in [4.78, 5) is 0. The summed E-state index contributed by atoms with van der Waals surface area (Å²) in [6.45, 7) is 2.22. The number of alkyl halides is 3. The highest BCUT2D eigenvalue weighted by atomic mass is 19.4. The number of para-hydroxylation sites is 1. The zero-order valence-electron chi connectivity index (χ0n) is 10.9. The van der Waals surface area contributed by atoms with Crippen molar-refractivity contribution in [1.82, 2.24) is 0 Å². The maximum atomic E-state index is 12.9. The Morgan fingerprint density at radius 1 is 1.10 bits per heavy atom. The Bertz CT molecular complexity index is 608. The first-order chi connectivity index (χ1) is 9.41. The average Bonchev–Trinajstić information content (AvgIpc) is 2.38. The van der Waals surface area contributed by atoms with Crippen LogP contribution in [0.4, 0.5) is 13.2 Å². The lowest BCUT2D eigenvalue weighted by Gasteiger charge is -2.14. The van der Waals surface area contributed by atoms with Gasteiger partial charge in [0.2, 0.25) is 0 Å². The van der Waals surface area contributed by atoms with Crippen LogP contribution in [0.2, 0.25) is 0 Å². The van der Waals surface area contributed by atoms with Gasteiger partial charge in [0, 0.05) is 6.54 Å². The molecular weight excluding hydrogens is 267 g/mol. The van der Waals surface area contributed by atoms with E-state index in [1.807, 2.05) is 6.92 Å². The largest absolute Gasteiger partial charge is 0.457 e. The molecule has 0 saturated heterocycles. The summed E-state index contributed by atoms with van der Waals surface area (Å²) in [5, 5.41) is 0. The van der Waals surface area contributed by atoms with E-state index in [9.17, 15) is 13.2 Å². The molecule has 0 bridgehead atoms. The van der Waals surface area contributed by atoms with Crippen LogP contribution in [0.5, 0.6) is 11.5 Å². The summed E-state index contributed by atoms with van der Waals surface area (Å²) >= 11 is 0. The molecule has 0 atom stereocenters. The van der Waals surface area contributed by atoms with E-state index < -0.39 is 11.7 Å². The molecule has 2 N–H and O–H groups in total. The number of nitrogens with two attached hydrogens (primary N) is 1. The minimum absolute atomic E-state index is 0.208. The predicted octanol–water partition coefficient (Wildman–Crippen LogP) is 4.26. The van der Waals surface area contributed by atoms with Crippen molar-refractivity contribution in [1.29, 1.82) is 0 Å². The molecule has 5 heteroatoms. The first kappa shape index (κ1) is 14.4. The number of benzene rings is 2. The van der Waals surface area contributed by atoms with Crippen LogP contribution in [0, 0.1) is 6.92 Å². The van der Waals surface area contributed by atoms with E-state index in [1.165, 1.54) is 18.2 Å². The fourth-order valence-corrected chi connectivity index (χ4v) is 1.88. The highest BCUT2D eigenvalue weighted by Crippen LogP contribution is 2.38. The molecule has 0 aliphatic rings. The Balaban J connectivity index is 2.33. The summed E-state index contributed by atoms with van der Waals surface area (Å²) < 4.78 is 43.9. The van der Waals surface area contributed by atoms with Gasteiger partial charge in [-0.15, -0.1) is 0 Å². The smallest absolute Gasteiger partial charge is 0.419 e. The monoisotopic (exact) mass is 281 g/mol. The van der Waals surface area contributed by atoms with E-state index in [0.717, 1.165) is 17.2 Å². The lowest BCUT2D eigenvalue weighted by Crippen LogP contribution is -2.07. The SMILES string of the molecule is Cc1cc(Oc2ccccc2C(F)(F)F)ccc1CN. The number of halogens is 3. The highest BCUT2D eigenvalue weighted by Gasteiger charge is 2.34. The Hall–Kier alpha value is -2.01. The maximum Gasteiger partial charge on any atom is 0.419 e. The first-order valence-electron chi connectivity index (χ1n) is 6.05. The molecule has 106 valence electrons. The minimum atomic E-state index is -4.44. The van der Waals surface area contributed by atoms with Crippen molar-refractivity contribution in [2.75, 3.05) is 0 Å². The summed E-state index contributed by atoms with van der Waals surface area (Å²) in [6.07, 6.45) is -4.44. The van der Waals surface area contributed by atoms with Gasteiger partial charge in [-0.05, 0) is 42.3 Å². The fraction of sp³-hybridized carbons (Fsp3) is 0.200. The van der Waals surface area contributed by atoms with Crippen LogP contribution < -0.4 is 10.5 Å². The van der Waals surface area contributed by atoms with Gasteiger partial charge in [0.05, 0.1) is 5.56 Å². The molecule has 2 aromatic carbocycles. The van der Waals surface area contributed by atoms with Crippen molar-refractivity contribution in [3.05, 3.63) is 59.2 Å². The third kappa shape index (κ3) is 3.11. The van der Waals surface area contributed by atoms with E-state index in [0.29, 0.717) is 12.3 Å². The Morgan fingerprint density at radius 2 is 1.80 bits per heavy atom. The highest BCUT2D eigenvalue weighted by molar-refractivity contribution is 5.41. The second-order valence-corrected chi connectivity index (χ2v) is 4.39. The molecule has 2 aromatic rings. The van der Waals surface area contributed by atoms with E-state index in [1.54, 1.807) is 18.2 Å². The van der Waals surface area contributed by atoms with Crippen molar-refractivity contribution in [2.45, 2.75) is 19.6 Å². The molecule has 2 nitrogen and oxygen atoms in total. The van der Waals surface area contributed by atoms with Gasteiger partial charge in [0.15, 0.2) is 0 Å². The lowest BCUT2D eigenvalue weighted by molar-refractivity contribution is -0.138. The van der Waals surface area contributed by atoms with Crippen LogP contribution in [-0.4, -0.2) is 0 Å². The van der Waals surface area contributed by atoms with Crippen LogP contribution in [-0.2, 0) is 12.7 Å². The van der Waals surface area contributed by atoms with Gasteiger partial charge in [-0.25, -0.2) is 0 Å². The molecule has 0 aliphatic heterocycles. The third-order valence-electron chi connectivity index (χ3n) is 2.95. The van der Waals surface area contributed by atoms with E-state index in [4.69, 9.17) is 10.5 Å². The van der Waals surface area contributed by atoms with Gasteiger partial charge in [0.1, 0.15) is 11.5 Å². The molecular formula is C15H14F3NO. The van der Waals surface area contributed by atoms with Gasteiger partial charge < -0.3 is 10.5 Å². The summed E-state index contributed by atoms with van der Waals surface area (Å²) in [6, 6.07) is 10.2. The molecule has 0 aliphatic carbocycles. The lowest BCUT2D eigenvalue weighted by atomic mass is 10.1. The van der Waals surface area contributed by atoms with Crippen molar-refractivity contribution in [3.63, 3.8) is 0 Å². The molecule has 0 radical (unpaired) electrons. The van der Waals surface area contributed by atoms with Crippen LogP contribution in [0.25, 0.3) is 0 Å². The predicted molar refractivity (Wildman–Crippen MR) is 70.6 cm³/mol. The van der Waals surface area contributed by atoms with Crippen molar-refractivity contribution < 1.29 is 17.9 Å². The van der Waals surface area contributed by atoms with Crippen molar-refractivity contribution in [3.8, 4) is 11.5 Å². The normalized spacial score (nSPS) is 11.4. The zero-order chi connectivity index (χ0) is 14.8.